The molecule has 3 atom stereocenters. The molecule has 4 nitrogen and oxygen atoms in total. The van der Waals surface area contributed by atoms with E-state index in [1.54, 1.807) is 0 Å². The third-order valence-electron chi connectivity index (χ3n) is 3.82. The number of nitrogens with zero attached hydrogens (tertiary/aromatic N) is 1. The minimum absolute atomic E-state index is 0.0985. The van der Waals surface area contributed by atoms with Crippen molar-refractivity contribution in [2.75, 3.05) is 13.6 Å². The Bertz CT molecular complexity index is 256. The third-order valence-corrected chi connectivity index (χ3v) is 3.82. The Labute approximate surface area is 119 Å². The second-order valence-corrected chi connectivity index (χ2v) is 6.05. The van der Waals surface area contributed by atoms with Crippen molar-refractivity contribution in [1.82, 2.24) is 10.2 Å². The predicted octanol–water partition coefficient (Wildman–Crippen LogP) is 1.98. The maximum Gasteiger partial charge on any atom is 0.237 e. The van der Waals surface area contributed by atoms with Crippen molar-refractivity contribution in [3.8, 4) is 0 Å². The van der Waals surface area contributed by atoms with Gasteiger partial charge in [-0.1, -0.05) is 27.2 Å². The van der Waals surface area contributed by atoms with E-state index in [4.69, 9.17) is 5.73 Å². The summed E-state index contributed by atoms with van der Waals surface area (Å²) < 4.78 is 0. The number of carbonyl (C=O) groups is 1. The highest BCUT2D eigenvalue weighted by Crippen LogP contribution is 2.06. The molecule has 0 aromatic carbocycles. The summed E-state index contributed by atoms with van der Waals surface area (Å²) in [4.78, 5) is 14.1. The average molecular weight is 271 g/mol. The Morgan fingerprint density at radius 2 is 1.79 bits per heavy atom. The van der Waals surface area contributed by atoms with Crippen LogP contribution in [-0.4, -0.2) is 42.5 Å². The molecule has 0 saturated carbocycles. The van der Waals surface area contributed by atoms with Crippen LogP contribution in [-0.2, 0) is 4.79 Å². The molecule has 0 fully saturated rings. The fraction of sp³-hybridized carbons (Fsp3) is 0.933. The molecule has 114 valence electrons. The second-order valence-electron chi connectivity index (χ2n) is 6.05. The molecule has 0 aliphatic carbocycles. The summed E-state index contributed by atoms with van der Waals surface area (Å²) in [5.74, 6) is 0.601. The van der Waals surface area contributed by atoms with Gasteiger partial charge in [-0.25, -0.2) is 0 Å². The molecule has 0 radical (unpaired) electrons. The van der Waals surface area contributed by atoms with Crippen molar-refractivity contribution >= 4 is 5.91 Å². The van der Waals surface area contributed by atoms with E-state index in [1.165, 1.54) is 0 Å². The van der Waals surface area contributed by atoms with E-state index >= 15 is 0 Å². The first-order valence-corrected chi connectivity index (χ1v) is 7.55. The normalized spacial score (nSPS) is 16.5. The van der Waals surface area contributed by atoms with Crippen LogP contribution in [0.4, 0.5) is 0 Å². The fourth-order valence-electron chi connectivity index (χ4n) is 1.95. The van der Waals surface area contributed by atoms with Gasteiger partial charge in [0.2, 0.25) is 5.91 Å². The maximum absolute atomic E-state index is 12.1. The van der Waals surface area contributed by atoms with E-state index in [0.29, 0.717) is 5.92 Å². The summed E-state index contributed by atoms with van der Waals surface area (Å²) in [5, 5.41) is 3.06. The Balaban J connectivity index is 4.10. The predicted molar refractivity (Wildman–Crippen MR) is 82.0 cm³/mol. The number of rotatable bonds is 9. The molecule has 0 aromatic heterocycles. The number of nitrogens with one attached hydrogen (secondary N) is 1. The molecular weight excluding hydrogens is 238 g/mol. The lowest BCUT2D eigenvalue weighted by atomic mass is 10.0. The Hall–Kier alpha value is -0.610. The van der Waals surface area contributed by atoms with E-state index in [0.717, 1.165) is 25.8 Å². The molecule has 4 heteroatoms. The van der Waals surface area contributed by atoms with E-state index in [9.17, 15) is 4.79 Å². The first-order chi connectivity index (χ1) is 8.79. The minimum atomic E-state index is -0.0985. The Morgan fingerprint density at radius 3 is 2.26 bits per heavy atom. The first kappa shape index (κ1) is 18.4. The molecule has 0 heterocycles. The number of hydrogen-bond acceptors (Lipinski definition) is 3. The lowest BCUT2D eigenvalue weighted by molar-refractivity contribution is -0.126. The fourth-order valence-corrected chi connectivity index (χ4v) is 1.95. The number of nitrogens with two attached hydrogens (primary N) is 1. The van der Waals surface area contributed by atoms with Crippen LogP contribution in [0.2, 0.25) is 0 Å². The highest BCUT2D eigenvalue weighted by Gasteiger charge is 2.20. The molecule has 0 aliphatic heterocycles. The molecule has 1 amide bonds. The van der Waals surface area contributed by atoms with Crippen LogP contribution in [0.1, 0.15) is 53.9 Å². The van der Waals surface area contributed by atoms with Crippen molar-refractivity contribution in [1.29, 1.82) is 0 Å². The van der Waals surface area contributed by atoms with Crippen LogP contribution in [0.25, 0.3) is 0 Å². The zero-order valence-electron chi connectivity index (χ0n) is 13.6. The van der Waals surface area contributed by atoms with Gasteiger partial charge < -0.3 is 11.1 Å². The Kier molecular flexibility index (Phi) is 9.02. The molecule has 0 spiro atoms. The minimum Gasteiger partial charge on any atom is -0.352 e. The standard InChI is InChI=1S/C15H33N3O/c1-7-8-12(4)17-15(19)13(5)18(6)10-9-14(16)11(2)3/h11-14H,7-10,16H2,1-6H3,(H,17,19). The number of likely N-dealkylation sites (N-methyl/N-ethyl adjacent to an activating group) is 1. The first-order valence-electron chi connectivity index (χ1n) is 7.55. The van der Waals surface area contributed by atoms with Crippen molar-refractivity contribution in [3.63, 3.8) is 0 Å². The molecule has 0 aromatic rings. The van der Waals surface area contributed by atoms with E-state index < -0.39 is 0 Å². The highest BCUT2D eigenvalue weighted by molar-refractivity contribution is 5.81. The summed E-state index contributed by atoms with van der Waals surface area (Å²) >= 11 is 0. The average Bonchev–Trinajstić information content (AvgIpc) is 2.34. The van der Waals surface area contributed by atoms with Gasteiger partial charge in [-0.15, -0.1) is 0 Å². The van der Waals surface area contributed by atoms with Gasteiger partial charge >= 0.3 is 0 Å². The lowest BCUT2D eigenvalue weighted by Gasteiger charge is -2.27. The number of hydrogen-bond donors (Lipinski definition) is 2. The smallest absolute Gasteiger partial charge is 0.237 e. The van der Waals surface area contributed by atoms with Gasteiger partial charge in [0.05, 0.1) is 6.04 Å². The Morgan fingerprint density at radius 1 is 1.21 bits per heavy atom. The van der Waals surface area contributed by atoms with Gasteiger partial charge in [0.25, 0.3) is 0 Å². The topological polar surface area (TPSA) is 58.4 Å². The van der Waals surface area contributed by atoms with Crippen LogP contribution in [0.5, 0.6) is 0 Å². The highest BCUT2D eigenvalue weighted by atomic mass is 16.2. The van der Waals surface area contributed by atoms with E-state index in [-0.39, 0.29) is 24.0 Å². The molecule has 19 heavy (non-hydrogen) atoms. The molecule has 3 unspecified atom stereocenters. The molecular formula is C15H33N3O. The number of carbonyl (C=O) groups excluding carboxylic acids is 1. The van der Waals surface area contributed by atoms with Crippen LogP contribution in [0, 0.1) is 5.92 Å². The van der Waals surface area contributed by atoms with Crippen LogP contribution in [0.15, 0.2) is 0 Å². The zero-order chi connectivity index (χ0) is 15.0. The molecule has 0 aliphatic rings. The summed E-state index contributed by atoms with van der Waals surface area (Å²) in [6, 6.07) is 0.363. The maximum atomic E-state index is 12.1. The van der Waals surface area contributed by atoms with Crippen LogP contribution in [0.3, 0.4) is 0 Å². The second kappa shape index (κ2) is 9.32. The SMILES string of the molecule is CCCC(C)NC(=O)C(C)N(C)CCC(N)C(C)C. The van der Waals surface area contributed by atoms with Crippen molar-refractivity contribution in [3.05, 3.63) is 0 Å². The van der Waals surface area contributed by atoms with Crippen molar-refractivity contribution < 1.29 is 4.79 Å². The van der Waals surface area contributed by atoms with Gasteiger partial charge in [-0.3, -0.25) is 9.69 Å². The summed E-state index contributed by atoms with van der Waals surface area (Å²) in [5.41, 5.74) is 6.03. The zero-order valence-corrected chi connectivity index (χ0v) is 13.6. The van der Waals surface area contributed by atoms with Gasteiger partial charge in [-0.2, -0.15) is 0 Å². The monoisotopic (exact) mass is 271 g/mol. The summed E-state index contributed by atoms with van der Waals surface area (Å²) in [6.07, 6.45) is 3.05. The largest absolute Gasteiger partial charge is 0.352 e. The van der Waals surface area contributed by atoms with E-state index in [2.05, 4.69) is 37.9 Å². The van der Waals surface area contributed by atoms with Crippen molar-refractivity contribution in [2.24, 2.45) is 11.7 Å². The molecule has 0 bridgehead atoms. The quantitative estimate of drug-likeness (QED) is 0.674. The number of amides is 1. The van der Waals surface area contributed by atoms with Crippen LogP contribution >= 0.6 is 0 Å². The van der Waals surface area contributed by atoms with Crippen molar-refractivity contribution in [2.45, 2.75) is 72.0 Å². The lowest BCUT2D eigenvalue weighted by Crippen LogP contribution is -2.47. The summed E-state index contributed by atoms with van der Waals surface area (Å²) in [6.45, 7) is 11.3. The van der Waals surface area contributed by atoms with Gasteiger partial charge in [0.15, 0.2) is 0 Å². The van der Waals surface area contributed by atoms with E-state index in [1.807, 2.05) is 14.0 Å². The molecule has 0 saturated heterocycles. The van der Waals surface area contributed by atoms with Gasteiger partial charge in [-0.05, 0) is 39.7 Å². The molecule has 0 rings (SSSR count). The van der Waals surface area contributed by atoms with Gasteiger partial charge in [0, 0.05) is 18.6 Å². The summed E-state index contributed by atoms with van der Waals surface area (Å²) in [7, 11) is 1.99. The van der Waals surface area contributed by atoms with Gasteiger partial charge in [0.1, 0.15) is 0 Å². The third kappa shape index (κ3) is 7.53. The van der Waals surface area contributed by atoms with Crippen LogP contribution < -0.4 is 11.1 Å². The molecule has 3 N–H and O–H groups in total.